The Morgan fingerprint density at radius 3 is 2.77 bits per heavy atom. The molecule has 0 aliphatic carbocycles. The second kappa shape index (κ2) is 8.35. The van der Waals surface area contributed by atoms with Crippen molar-refractivity contribution >= 4 is 47.0 Å². The topological polar surface area (TPSA) is 69.3 Å². The average molecular weight is 410 g/mol. The van der Waals surface area contributed by atoms with E-state index >= 15 is 0 Å². The molecular formula is C17H13Cl2N3O3S. The summed E-state index contributed by atoms with van der Waals surface area (Å²) in [6, 6.07) is 14.0. The molecule has 0 aliphatic rings. The number of halogens is 2. The lowest BCUT2D eigenvalue weighted by molar-refractivity contribution is -0.117. The summed E-state index contributed by atoms with van der Waals surface area (Å²) in [6.07, 6.45) is 0. The van der Waals surface area contributed by atoms with Crippen molar-refractivity contribution in [2.75, 3.05) is 5.32 Å². The van der Waals surface area contributed by atoms with Crippen LogP contribution in [-0.4, -0.2) is 15.7 Å². The zero-order valence-corrected chi connectivity index (χ0v) is 15.6. The van der Waals surface area contributed by atoms with E-state index in [0.29, 0.717) is 21.5 Å². The van der Waals surface area contributed by atoms with Crippen LogP contribution in [0.25, 0.3) is 0 Å². The molecule has 1 heterocycles. The highest BCUT2D eigenvalue weighted by molar-refractivity contribution is 7.71. The quantitative estimate of drug-likeness (QED) is 0.595. The Morgan fingerprint density at radius 2 is 2.00 bits per heavy atom. The number of hydrogen-bond donors (Lipinski definition) is 1. The van der Waals surface area contributed by atoms with Crippen LogP contribution in [0.1, 0.15) is 5.89 Å². The number of hydrogen-bond acceptors (Lipinski definition) is 5. The number of rotatable bonds is 6. The lowest BCUT2D eigenvalue weighted by atomic mass is 10.3. The number of carbonyl (C=O) groups excluding carboxylic acids is 1. The number of benzene rings is 2. The molecule has 0 bridgehead atoms. The third-order valence-corrected chi connectivity index (χ3v) is 4.11. The van der Waals surface area contributed by atoms with E-state index in [0.717, 1.165) is 0 Å². The van der Waals surface area contributed by atoms with Gasteiger partial charge in [-0.25, -0.2) is 4.68 Å². The van der Waals surface area contributed by atoms with Crippen LogP contribution in [0.15, 0.2) is 52.9 Å². The molecule has 1 N–H and O–H groups in total. The Hall–Kier alpha value is -2.35. The van der Waals surface area contributed by atoms with Crippen molar-refractivity contribution in [1.29, 1.82) is 0 Å². The van der Waals surface area contributed by atoms with Crippen molar-refractivity contribution in [1.82, 2.24) is 9.78 Å². The minimum absolute atomic E-state index is 0.0732. The van der Waals surface area contributed by atoms with Gasteiger partial charge in [-0.1, -0.05) is 41.4 Å². The van der Waals surface area contributed by atoms with Gasteiger partial charge in [-0.3, -0.25) is 4.79 Å². The van der Waals surface area contributed by atoms with Crippen molar-refractivity contribution in [3.8, 4) is 5.75 Å². The van der Waals surface area contributed by atoms with Gasteiger partial charge in [-0.2, -0.15) is 0 Å². The molecule has 0 atom stereocenters. The molecule has 134 valence electrons. The van der Waals surface area contributed by atoms with E-state index in [2.05, 4.69) is 10.4 Å². The van der Waals surface area contributed by atoms with Crippen LogP contribution in [0.2, 0.25) is 10.0 Å². The molecule has 1 aromatic heterocycles. The summed E-state index contributed by atoms with van der Waals surface area (Å²) < 4.78 is 12.2. The number of amides is 1. The van der Waals surface area contributed by atoms with E-state index in [-0.39, 0.29) is 29.8 Å². The fourth-order valence-corrected chi connectivity index (χ4v) is 2.63. The van der Waals surface area contributed by atoms with Crippen LogP contribution < -0.4 is 10.1 Å². The maximum atomic E-state index is 12.2. The van der Waals surface area contributed by atoms with E-state index < -0.39 is 0 Å². The van der Waals surface area contributed by atoms with E-state index in [4.69, 9.17) is 44.6 Å². The van der Waals surface area contributed by atoms with Crippen LogP contribution >= 0.6 is 35.4 Å². The molecule has 0 aliphatic heterocycles. The van der Waals surface area contributed by atoms with Crippen molar-refractivity contribution in [2.45, 2.75) is 13.2 Å². The number of carbonyl (C=O) groups is 1. The SMILES string of the molecule is O=C(Cn1nc(COc2ccccc2)oc1=S)Nc1cc(Cl)ccc1Cl. The van der Waals surface area contributed by atoms with E-state index in [1.807, 2.05) is 30.3 Å². The maximum absolute atomic E-state index is 12.2. The van der Waals surface area contributed by atoms with Crippen molar-refractivity contribution in [3.05, 3.63) is 69.3 Å². The van der Waals surface area contributed by atoms with Gasteiger partial charge in [-0.15, -0.1) is 5.10 Å². The van der Waals surface area contributed by atoms with Gasteiger partial charge in [-0.05, 0) is 42.5 Å². The van der Waals surface area contributed by atoms with Crippen LogP contribution in [0.4, 0.5) is 5.69 Å². The minimum atomic E-state index is -0.367. The maximum Gasteiger partial charge on any atom is 0.287 e. The molecule has 2 aromatic carbocycles. The molecule has 0 saturated heterocycles. The molecule has 9 heteroatoms. The van der Waals surface area contributed by atoms with Crippen molar-refractivity contribution in [2.24, 2.45) is 0 Å². The Labute approximate surface area is 164 Å². The monoisotopic (exact) mass is 409 g/mol. The fraction of sp³-hybridized carbons (Fsp3) is 0.118. The first kappa shape index (κ1) is 18.4. The van der Waals surface area contributed by atoms with E-state index in [1.54, 1.807) is 18.2 Å². The van der Waals surface area contributed by atoms with Gasteiger partial charge in [0.25, 0.3) is 10.7 Å². The smallest absolute Gasteiger partial charge is 0.287 e. The predicted octanol–water partition coefficient (Wildman–Crippen LogP) is 4.73. The largest absolute Gasteiger partial charge is 0.484 e. The number of ether oxygens (including phenoxy) is 1. The Morgan fingerprint density at radius 1 is 1.23 bits per heavy atom. The van der Waals surface area contributed by atoms with Gasteiger partial charge in [0.1, 0.15) is 12.3 Å². The summed E-state index contributed by atoms with van der Waals surface area (Å²) in [6.45, 7) is -0.0289. The predicted molar refractivity (Wildman–Crippen MR) is 101 cm³/mol. The molecule has 0 spiro atoms. The summed E-state index contributed by atoms with van der Waals surface area (Å²) in [7, 11) is 0. The highest BCUT2D eigenvalue weighted by Crippen LogP contribution is 2.25. The lowest BCUT2D eigenvalue weighted by Crippen LogP contribution is -2.20. The second-order valence-electron chi connectivity index (χ2n) is 5.19. The first-order valence-electron chi connectivity index (χ1n) is 7.51. The molecule has 3 aromatic rings. The summed E-state index contributed by atoms with van der Waals surface area (Å²) in [4.78, 5) is 12.3. The molecule has 0 saturated carbocycles. The molecule has 0 radical (unpaired) electrons. The Balaban J connectivity index is 1.63. The highest BCUT2D eigenvalue weighted by Gasteiger charge is 2.12. The van der Waals surface area contributed by atoms with Gasteiger partial charge in [0.05, 0.1) is 10.7 Å². The number of anilines is 1. The highest BCUT2D eigenvalue weighted by atomic mass is 35.5. The summed E-state index contributed by atoms with van der Waals surface area (Å²) in [5, 5.41) is 7.65. The van der Waals surface area contributed by atoms with E-state index in [1.165, 1.54) is 4.68 Å². The third kappa shape index (κ3) is 4.85. The first-order valence-corrected chi connectivity index (χ1v) is 8.67. The standard InChI is InChI=1S/C17H13Cl2N3O3S/c18-11-6-7-13(19)14(8-11)20-15(23)9-22-17(26)25-16(21-22)10-24-12-4-2-1-3-5-12/h1-8H,9-10H2,(H,20,23). The summed E-state index contributed by atoms with van der Waals surface area (Å²) in [5.74, 6) is 0.582. The summed E-state index contributed by atoms with van der Waals surface area (Å²) in [5.41, 5.74) is 0.409. The number of nitrogens with zero attached hydrogens (tertiary/aromatic N) is 2. The van der Waals surface area contributed by atoms with Crippen LogP contribution in [-0.2, 0) is 17.9 Å². The summed E-state index contributed by atoms with van der Waals surface area (Å²) >= 11 is 17.0. The van der Waals surface area contributed by atoms with Gasteiger partial charge in [0, 0.05) is 5.02 Å². The van der Waals surface area contributed by atoms with E-state index in [9.17, 15) is 4.79 Å². The normalized spacial score (nSPS) is 10.5. The van der Waals surface area contributed by atoms with Crippen LogP contribution in [0.5, 0.6) is 5.75 Å². The molecule has 0 unspecified atom stereocenters. The van der Waals surface area contributed by atoms with Crippen molar-refractivity contribution in [3.63, 3.8) is 0 Å². The Bertz CT molecular complexity index is 973. The zero-order valence-electron chi connectivity index (χ0n) is 13.3. The van der Waals surface area contributed by atoms with Crippen molar-refractivity contribution < 1.29 is 13.9 Å². The zero-order chi connectivity index (χ0) is 18.5. The van der Waals surface area contributed by atoms with Crippen LogP contribution in [0, 0.1) is 4.84 Å². The molecule has 26 heavy (non-hydrogen) atoms. The lowest BCUT2D eigenvalue weighted by Gasteiger charge is -2.07. The average Bonchev–Trinajstić information content (AvgIpc) is 2.97. The molecule has 3 rings (SSSR count). The second-order valence-corrected chi connectivity index (χ2v) is 6.39. The van der Waals surface area contributed by atoms with Gasteiger partial charge in [0.15, 0.2) is 6.61 Å². The molecule has 6 nitrogen and oxygen atoms in total. The third-order valence-electron chi connectivity index (χ3n) is 3.25. The molecular weight excluding hydrogens is 397 g/mol. The van der Waals surface area contributed by atoms with Crippen LogP contribution in [0.3, 0.4) is 0 Å². The molecule has 1 amide bonds. The van der Waals surface area contributed by atoms with Gasteiger partial charge < -0.3 is 14.5 Å². The number of para-hydroxylation sites is 1. The van der Waals surface area contributed by atoms with Gasteiger partial charge in [0.2, 0.25) is 5.91 Å². The number of nitrogens with one attached hydrogen (secondary N) is 1. The molecule has 0 fully saturated rings. The van der Waals surface area contributed by atoms with Gasteiger partial charge >= 0.3 is 0 Å². The Kier molecular flexibility index (Phi) is 5.92. The first-order chi connectivity index (χ1) is 12.5. The minimum Gasteiger partial charge on any atom is -0.484 e. The number of aromatic nitrogens is 2. The fourth-order valence-electron chi connectivity index (χ4n) is 2.09.